The summed E-state index contributed by atoms with van der Waals surface area (Å²) in [4.78, 5) is 13.0. The van der Waals surface area contributed by atoms with Gasteiger partial charge in [0.2, 0.25) is 5.78 Å². The first-order valence-electron chi connectivity index (χ1n) is 6.28. The van der Waals surface area contributed by atoms with Crippen LogP contribution in [0.25, 0.3) is 0 Å². The minimum atomic E-state index is 0.356. The van der Waals surface area contributed by atoms with Crippen molar-refractivity contribution in [3.05, 3.63) is 0 Å². The number of hydrogen-bond donors (Lipinski definition) is 0. The zero-order valence-corrected chi connectivity index (χ0v) is 9.45. The average molecular weight is 209 g/mol. The number of hydrogen-bond acceptors (Lipinski definition) is 2. The molecule has 3 heterocycles. The Bertz CT molecular complexity index is 198. The molecule has 0 saturated carbocycles. The second kappa shape index (κ2) is 5.61. The van der Waals surface area contributed by atoms with E-state index in [1.165, 1.54) is 25.7 Å². The number of nitrogens with zero attached hydrogens (tertiary/aromatic N) is 2. The van der Waals surface area contributed by atoms with Crippen LogP contribution in [0.2, 0.25) is 0 Å². The number of rotatable bonds is 0. The average Bonchev–Trinajstić information content (AvgIpc) is 2.47. The minimum Gasteiger partial charge on any atom is -0.293 e. The summed E-state index contributed by atoms with van der Waals surface area (Å²) in [5, 5.41) is 4.27. The molecule has 1 atom stereocenters. The molecule has 0 bridgehead atoms. The third-order valence-electron chi connectivity index (χ3n) is 3.53. The molecule has 0 N–H and O–H groups in total. The van der Waals surface area contributed by atoms with Crippen molar-refractivity contribution in [2.45, 2.75) is 44.6 Å². The van der Waals surface area contributed by atoms with Crippen molar-refractivity contribution in [3.8, 4) is 0 Å². The molecule has 0 amide bonds. The fourth-order valence-electron chi connectivity index (χ4n) is 2.41. The van der Waals surface area contributed by atoms with E-state index in [4.69, 9.17) is 0 Å². The molecule has 1 unspecified atom stereocenters. The van der Waals surface area contributed by atoms with Crippen molar-refractivity contribution < 1.29 is 4.79 Å². The Labute approximate surface area is 92.2 Å². The number of fused-ring (bicyclic) bond motifs is 1. The van der Waals surface area contributed by atoms with E-state index in [-0.39, 0.29) is 0 Å². The zero-order valence-electron chi connectivity index (χ0n) is 9.45. The Morgan fingerprint density at radius 3 is 2.20 bits per heavy atom. The van der Waals surface area contributed by atoms with Crippen molar-refractivity contribution >= 4 is 5.78 Å². The number of ketones is 1. The topological polar surface area (TPSA) is 37.1 Å². The molecule has 0 aliphatic carbocycles. The number of Topliss-reactive ketones (excluding diaryl/α,β-unsaturated/α-hetero) is 1. The van der Waals surface area contributed by atoms with Gasteiger partial charge in [0.05, 0.1) is 12.8 Å². The van der Waals surface area contributed by atoms with Gasteiger partial charge in [-0.3, -0.25) is 4.79 Å². The molecule has 0 aromatic heterocycles. The van der Waals surface area contributed by atoms with E-state index in [1.54, 1.807) is 0 Å². The second-order valence-corrected chi connectivity index (χ2v) is 4.64. The molecular weight excluding hydrogens is 188 g/mol. The van der Waals surface area contributed by atoms with E-state index in [9.17, 15) is 4.79 Å². The summed E-state index contributed by atoms with van der Waals surface area (Å²) in [6, 6.07) is 0.356. The lowest BCUT2D eigenvalue weighted by Crippen LogP contribution is -2.50. The summed E-state index contributed by atoms with van der Waals surface area (Å²) in [6.07, 6.45) is 7.41. The summed E-state index contributed by atoms with van der Waals surface area (Å²) < 4.78 is 0. The quantitative estimate of drug-likeness (QED) is 0.549. The Morgan fingerprint density at radius 1 is 1.07 bits per heavy atom. The Morgan fingerprint density at radius 2 is 1.80 bits per heavy atom. The van der Waals surface area contributed by atoms with E-state index in [0.29, 0.717) is 11.8 Å². The fraction of sp³-hybridized carbons (Fsp3) is 0.917. The largest absolute Gasteiger partial charge is 0.293 e. The summed E-state index contributed by atoms with van der Waals surface area (Å²) in [5.41, 5.74) is 0. The normalized spacial score (nSPS) is 30.9. The highest BCUT2D eigenvalue weighted by molar-refractivity contribution is 5.87. The molecule has 3 saturated heterocycles. The van der Waals surface area contributed by atoms with Gasteiger partial charge in [0, 0.05) is 13.1 Å². The predicted molar refractivity (Wildman–Crippen MR) is 60.2 cm³/mol. The van der Waals surface area contributed by atoms with Crippen LogP contribution in [0.3, 0.4) is 0 Å². The minimum absolute atomic E-state index is 0.356. The summed E-state index contributed by atoms with van der Waals surface area (Å²) in [6.45, 7) is 4.44. The van der Waals surface area contributed by atoms with E-state index in [2.05, 4.69) is 10.2 Å². The monoisotopic (exact) mass is 209 g/mol. The van der Waals surface area contributed by atoms with Crippen molar-refractivity contribution in [2.75, 3.05) is 26.2 Å². The molecule has 2 radical (unpaired) electrons. The molecule has 3 nitrogen and oxygen atoms in total. The van der Waals surface area contributed by atoms with Crippen LogP contribution in [0.15, 0.2) is 0 Å². The highest BCUT2D eigenvalue weighted by Crippen LogP contribution is 2.21. The highest BCUT2D eigenvalue weighted by Gasteiger charge is 2.48. The number of carbonyl (C=O) groups excluding carboxylic acids is 1. The van der Waals surface area contributed by atoms with Gasteiger partial charge < -0.3 is 0 Å². The molecule has 0 spiro atoms. The van der Waals surface area contributed by atoms with Crippen molar-refractivity contribution in [1.82, 2.24) is 10.2 Å². The van der Waals surface area contributed by atoms with Crippen LogP contribution in [0.1, 0.15) is 38.5 Å². The lowest BCUT2D eigenvalue weighted by Gasteiger charge is -2.20. The Hall–Kier alpha value is -0.410. The van der Waals surface area contributed by atoms with E-state index < -0.39 is 0 Å². The van der Waals surface area contributed by atoms with Gasteiger partial charge in [-0.15, -0.1) is 0 Å². The Kier molecular flexibility index (Phi) is 4.15. The zero-order chi connectivity index (χ0) is 10.5. The van der Waals surface area contributed by atoms with Crippen LogP contribution in [-0.4, -0.2) is 38.0 Å². The Balaban J connectivity index is 0.000000115. The molecule has 0 aromatic rings. The molecule has 3 rings (SSSR count). The lowest BCUT2D eigenvalue weighted by atomic mass is 10.0. The standard InChI is InChI=1S/C6H9NO.C6H12N/c8-6-2-4-7-3-1-5(6)7;1-2-4-6-7-5-3-1/h5H,1-4H2;1-6H2/q+1;. The van der Waals surface area contributed by atoms with Crippen LogP contribution >= 0.6 is 0 Å². The second-order valence-electron chi connectivity index (χ2n) is 4.64. The summed E-state index contributed by atoms with van der Waals surface area (Å²) in [7, 11) is 0. The molecule has 15 heavy (non-hydrogen) atoms. The van der Waals surface area contributed by atoms with Crippen LogP contribution in [-0.2, 0) is 4.79 Å². The SMILES string of the molecule is C1CCC[N]CC1.O=C1CC[N+]2CCC12. The van der Waals surface area contributed by atoms with E-state index in [1.807, 2.05) is 0 Å². The first kappa shape index (κ1) is 11.1. The predicted octanol–water partition coefficient (Wildman–Crippen LogP) is 1.04. The van der Waals surface area contributed by atoms with Gasteiger partial charge >= 0.3 is 0 Å². The molecule has 3 fully saturated rings. The third-order valence-corrected chi connectivity index (χ3v) is 3.53. The van der Waals surface area contributed by atoms with Gasteiger partial charge in [-0.05, 0) is 12.8 Å². The molecule has 3 aliphatic heterocycles. The van der Waals surface area contributed by atoms with Gasteiger partial charge in [-0.25, -0.2) is 5.32 Å². The molecule has 3 heteroatoms. The van der Waals surface area contributed by atoms with Gasteiger partial charge in [0.25, 0.3) is 0 Å². The van der Waals surface area contributed by atoms with Gasteiger partial charge in [-0.1, -0.05) is 12.8 Å². The van der Waals surface area contributed by atoms with Crippen molar-refractivity contribution in [2.24, 2.45) is 0 Å². The molecule has 3 aliphatic rings. The van der Waals surface area contributed by atoms with Crippen LogP contribution < -0.4 is 10.2 Å². The van der Waals surface area contributed by atoms with E-state index in [0.717, 1.165) is 39.0 Å². The van der Waals surface area contributed by atoms with Crippen LogP contribution in [0.5, 0.6) is 0 Å². The first-order valence-corrected chi connectivity index (χ1v) is 6.28. The van der Waals surface area contributed by atoms with Crippen LogP contribution in [0.4, 0.5) is 0 Å². The van der Waals surface area contributed by atoms with Gasteiger partial charge in [0.1, 0.15) is 13.1 Å². The molecule has 0 aromatic carbocycles. The van der Waals surface area contributed by atoms with Crippen molar-refractivity contribution in [1.29, 1.82) is 0 Å². The van der Waals surface area contributed by atoms with E-state index >= 15 is 0 Å². The molecular formula is C12H21N2O+. The highest BCUT2D eigenvalue weighted by atomic mass is 16.1. The van der Waals surface area contributed by atoms with Crippen LogP contribution in [0, 0.1) is 0 Å². The van der Waals surface area contributed by atoms with Gasteiger partial charge in [-0.2, -0.15) is 4.90 Å². The smallest absolute Gasteiger partial charge is 0.200 e. The number of carbonyl (C=O) groups is 1. The maximum Gasteiger partial charge on any atom is 0.200 e. The lowest BCUT2D eigenvalue weighted by molar-refractivity contribution is -0.120. The first-order chi connectivity index (χ1) is 7.38. The maximum absolute atomic E-state index is 10.8. The maximum atomic E-state index is 10.8. The fourth-order valence-corrected chi connectivity index (χ4v) is 2.41. The summed E-state index contributed by atoms with van der Waals surface area (Å²) >= 11 is 0. The summed E-state index contributed by atoms with van der Waals surface area (Å²) in [5.74, 6) is 0.469. The van der Waals surface area contributed by atoms with Gasteiger partial charge in [0.15, 0.2) is 6.04 Å². The molecule has 84 valence electrons. The van der Waals surface area contributed by atoms with Crippen molar-refractivity contribution in [3.63, 3.8) is 0 Å². The third kappa shape index (κ3) is 3.02.